The van der Waals surface area contributed by atoms with Gasteiger partial charge in [0.1, 0.15) is 5.54 Å². The van der Waals surface area contributed by atoms with Crippen molar-refractivity contribution in [3.05, 3.63) is 22.4 Å². The van der Waals surface area contributed by atoms with Gasteiger partial charge >= 0.3 is 6.03 Å². The van der Waals surface area contributed by atoms with Crippen LogP contribution in [0.25, 0.3) is 10.6 Å². The molecule has 0 radical (unpaired) electrons. The largest absolute Gasteiger partial charge is 0.325 e. The third-order valence-corrected chi connectivity index (χ3v) is 5.75. The summed E-state index contributed by atoms with van der Waals surface area (Å²) in [6, 6.07) is 3.64. The minimum atomic E-state index is -0.878. The Kier molecular flexibility index (Phi) is 5.10. The van der Waals surface area contributed by atoms with Crippen molar-refractivity contribution in [1.82, 2.24) is 15.2 Å². The highest BCUT2D eigenvalue weighted by Crippen LogP contribution is 2.30. The van der Waals surface area contributed by atoms with E-state index in [-0.39, 0.29) is 24.8 Å². The number of aromatic nitrogens is 1. The summed E-state index contributed by atoms with van der Waals surface area (Å²) in [5.41, 5.74) is -0.0264. The SMILES string of the molecule is Cc1ccc(-c2csc(NC(=O)CCCN3C(=O)NC(C)(C)C3=O)n2)s1. The van der Waals surface area contributed by atoms with Crippen molar-refractivity contribution in [3.63, 3.8) is 0 Å². The Morgan fingerprint density at radius 1 is 1.35 bits per heavy atom. The molecule has 1 aliphatic rings. The van der Waals surface area contributed by atoms with Crippen molar-refractivity contribution < 1.29 is 14.4 Å². The maximum absolute atomic E-state index is 12.1. The summed E-state index contributed by atoms with van der Waals surface area (Å²) in [6.45, 7) is 5.58. The fourth-order valence-corrected chi connectivity index (χ4v) is 4.25. The molecule has 0 atom stereocenters. The normalized spacial score (nSPS) is 16.0. The fraction of sp³-hybridized carbons (Fsp3) is 0.412. The van der Waals surface area contributed by atoms with E-state index in [4.69, 9.17) is 0 Å². The Morgan fingerprint density at radius 3 is 2.73 bits per heavy atom. The van der Waals surface area contributed by atoms with Crippen LogP contribution < -0.4 is 10.6 Å². The van der Waals surface area contributed by atoms with E-state index in [1.54, 1.807) is 25.2 Å². The molecular formula is C17H20N4O3S2. The van der Waals surface area contributed by atoms with Gasteiger partial charge in [-0.05, 0) is 39.3 Å². The first kappa shape index (κ1) is 18.5. The summed E-state index contributed by atoms with van der Waals surface area (Å²) in [5.74, 6) is -0.446. The number of carbonyl (C=O) groups is 3. The topological polar surface area (TPSA) is 91.4 Å². The molecule has 26 heavy (non-hydrogen) atoms. The number of anilines is 1. The average molecular weight is 393 g/mol. The van der Waals surface area contributed by atoms with E-state index in [2.05, 4.69) is 15.6 Å². The lowest BCUT2D eigenvalue weighted by Gasteiger charge is -2.15. The lowest BCUT2D eigenvalue weighted by atomic mass is 10.1. The smallest absolute Gasteiger partial charge is 0.324 e. The van der Waals surface area contributed by atoms with Crippen LogP contribution in [-0.2, 0) is 9.59 Å². The number of carbonyl (C=O) groups excluding carboxylic acids is 3. The number of aryl methyl sites for hydroxylation is 1. The molecule has 1 fully saturated rings. The molecule has 0 saturated carbocycles. The summed E-state index contributed by atoms with van der Waals surface area (Å²) >= 11 is 3.03. The number of amides is 4. The first-order chi connectivity index (χ1) is 12.3. The van der Waals surface area contributed by atoms with Gasteiger partial charge in [-0.1, -0.05) is 0 Å². The minimum Gasteiger partial charge on any atom is -0.324 e. The van der Waals surface area contributed by atoms with Gasteiger partial charge in [0.2, 0.25) is 5.91 Å². The summed E-state index contributed by atoms with van der Waals surface area (Å²) in [4.78, 5) is 43.8. The van der Waals surface area contributed by atoms with Crippen LogP contribution in [0.15, 0.2) is 17.5 Å². The van der Waals surface area contributed by atoms with Crippen molar-refractivity contribution in [2.24, 2.45) is 0 Å². The molecule has 0 aromatic carbocycles. The molecule has 4 amide bonds. The monoisotopic (exact) mass is 392 g/mol. The van der Waals surface area contributed by atoms with Gasteiger partial charge in [-0.25, -0.2) is 9.78 Å². The number of imide groups is 1. The Bertz CT molecular complexity index is 856. The van der Waals surface area contributed by atoms with Gasteiger partial charge in [0.15, 0.2) is 5.13 Å². The Balaban J connectivity index is 1.49. The zero-order valence-electron chi connectivity index (χ0n) is 14.8. The van der Waals surface area contributed by atoms with E-state index >= 15 is 0 Å². The number of hydrogen-bond donors (Lipinski definition) is 2. The molecular weight excluding hydrogens is 372 g/mol. The summed E-state index contributed by atoms with van der Waals surface area (Å²) in [5, 5.41) is 7.85. The molecule has 1 aliphatic heterocycles. The number of urea groups is 1. The second-order valence-corrected chi connectivity index (χ2v) is 8.76. The quantitative estimate of drug-likeness (QED) is 0.739. The van der Waals surface area contributed by atoms with Crippen LogP contribution in [0, 0.1) is 6.92 Å². The average Bonchev–Trinajstić information content (AvgIpc) is 3.23. The van der Waals surface area contributed by atoms with Gasteiger partial charge in [0.05, 0.1) is 10.6 Å². The van der Waals surface area contributed by atoms with Gasteiger partial charge < -0.3 is 10.6 Å². The standard InChI is InChI=1S/C17H20N4O3S2/c1-10-6-7-12(26-10)11-9-25-15(18-11)19-13(22)5-4-8-21-14(23)17(2,3)20-16(21)24/h6-7,9H,4-5,8H2,1-3H3,(H,20,24)(H,18,19,22). The van der Waals surface area contributed by atoms with Crippen molar-refractivity contribution in [2.75, 3.05) is 11.9 Å². The van der Waals surface area contributed by atoms with Crippen molar-refractivity contribution in [3.8, 4) is 10.6 Å². The van der Waals surface area contributed by atoms with Gasteiger partial charge in [0.25, 0.3) is 5.91 Å². The number of hydrogen-bond acceptors (Lipinski definition) is 6. The Labute approximate surface area is 159 Å². The Morgan fingerprint density at radius 2 is 2.12 bits per heavy atom. The van der Waals surface area contributed by atoms with E-state index in [0.29, 0.717) is 11.6 Å². The molecule has 2 N–H and O–H groups in total. The number of rotatable bonds is 6. The second kappa shape index (κ2) is 7.16. The molecule has 2 aromatic rings. The third-order valence-electron chi connectivity index (χ3n) is 3.97. The third kappa shape index (κ3) is 3.94. The maximum Gasteiger partial charge on any atom is 0.325 e. The fourth-order valence-electron chi connectivity index (χ4n) is 2.62. The molecule has 3 heterocycles. The molecule has 1 saturated heterocycles. The van der Waals surface area contributed by atoms with Crippen LogP contribution in [0.1, 0.15) is 31.6 Å². The van der Waals surface area contributed by atoms with Crippen molar-refractivity contribution in [2.45, 2.75) is 39.2 Å². The van der Waals surface area contributed by atoms with Crippen molar-refractivity contribution >= 4 is 45.7 Å². The predicted octanol–water partition coefficient (Wildman–Crippen LogP) is 3.23. The number of thiazole rings is 1. The number of nitrogens with zero attached hydrogens (tertiary/aromatic N) is 2. The lowest BCUT2D eigenvalue weighted by molar-refractivity contribution is -0.130. The van der Waals surface area contributed by atoms with E-state index in [9.17, 15) is 14.4 Å². The summed E-state index contributed by atoms with van der Waals surface area (Å²) in [7, 11) is 0. The number of thiophene rings is 1. The molecule has 3 rings (SSSR count). The first-order valence-electron chi connectivity index (χ1n) is 8.22. The second-order valence-electron chi connectivity index (χ2n) is 6.61. The van der Waals surface area contributed by atoms with Crippen LogP contribution in [-0.4, -0.2) is 39.8 Å². The van der Waals surface area contributed by atoms with E-state index in [0.717, 1.165) is 15.5 Å². The molecule has 0 aliphatic carbocycles. The lowest BCUT2D eigenvalue weighted by Crippen LogP contribution is -2.40. The maximum atomic E-state index is 12.1. The van der Waals surface area contributed by atoms with Crippen LogP contribution in [0.5, 0.6) is 0 Å². The highest BCUT2D eigenvalue weighted by Gasteiger charge is 2.43. The van der Waals surface area contributed by atoms with Gasteiger partial charge in [-0.2, -0.15) is 0 Å². The van der Waals surface area contributed by atoms with Gasteiger partial charge in [0, 0.05) is 23.2 Å². The highest BCUT2D eigenvalue weighted by molar-refractivity contribution is 7.17. The van der Waals surface area contributed by atoms with Gasteiger partial charge in [-0.15, -0.1) is 22.7 Å². The van der Waals surface area contributed by atoms with E-state index in [1.165, 1.54) is 16.2 Å². The molecule has 9 heteroatoms. The van der Waals surface area contributed by atoms with Crippen molar-refractivity contribution in [1.29, 1.82) is 0 Å². The van der Waals surface area contributed by atoms with Crippen LogP contribution in [0.3, 0.4) is 0 Å². The molecule has 0 bridgehead atoms. The molecule has 7 nitrogen and oxygen atoms in total. The van der Waals surface area contributed by atoms with E-state index < -0.39 is 11.6 Å². The minimum absolute atomic E-state index is 0.181. The van der Waals surface area contributed by atoms with E-state index in [1.807, 2.05) is 24.4 Å². The first-order valence-corrected chi connectivity index (χ1v) is 9.92. The molecule has 138 valence electrons. The number of nitrogens with one attached hydrogen (secondary N) is 2. The molecule has 2 aromatic heterocycles. The van der Waals surface area contributed by atoms with Crippen LogP contribution in [0.2, 0.25) is 0 Å². The predicted molar refractivity (Wildman–Crippen MR) is 102 cm³/mol. The summed E-state index contributed by atoms with van der Waals surface area (Å²) < 4.78 is 0. The zero-order valence-corrected chi connectivity index (χ0v) is 16.4. The van der Waals surface area contributed by atoms with Crippen LogP contribution in [0.4, 0.5) is 9.93 Å². The summed E-state index contributed by atoms with van der Waals surface area (Å²) in [6.07, 6.45) is 0.619. The van der Waals surface area contributed by atoms with Gasteiger partial charge in [-0.3, -0.25) is 14.5 Å². The van der Waals surface area contributed by atoms with Crippen LogP contribution >= 0.6 is 22.7 Å². The highest BCUT2D eigenvalue weighted by atomic mass is 32.1. The molecule has 0 spiro atoms. The Hall–Kier alpha value is -2.26. The molecule has 0 unspecified atom stereocenters. The zero-order chi connectivity index (χ0) is 18.9.